The smallest absolute Gasteiger partial charge is 0.236 e. The van der Waals surface area contributed by atoms with Crippen molar-refractivity contribution in [3.05, 3.63) is 63.8 Å². The number of carbonyl (C=O) groups excluding carboxylic acids is 1. The summed E-state index contributed by atoms with van der Waals surface area (Å²) in [6.07, 6.45) is 10.5. The van der Waals surface area contributed by atoms with Gasteiger partial charge in [-0.05, 0) is 110 Å². The molecule has 1 fully saturated rings. The molecule has 1 saturated heterocycles. The molecule has 0 unspecified atom stereocenters. The van der Waals surface area contributed by atoms with E-state index >= 15 is 0 Å². The lowest BCUT2D eigenvalue weighted by Crippen LogP contribution is -2.40. The highest BCUT2D eigenvalue weighted by molar-refractivity contribution is 7.80. The maximum absolute atomic E-state index is 12.2. The average molecular weight is 552 g/mol. The molecule has 0 atom stereocenters. The molecule has 39 heavy (non-hydrogen) atoms. The molecule has 0 aliphatic carbocycles. The molecular weight excluding hydrogens is 498 g/mol. The Labute approximate surface area is 244 Å². The number of amides is 1. The molecular formula is C34H53N3OS. The third-order valence-electron chi connectivity index (χ3n) is 7.92. The van der Waals surface area contributed by atoms with Gasteiger partial charge in [0, 0.05) is 25.6 Å². The van der Waals surface area contributed by atoms with E-state index in [1.165, 1.54) is 33.4 Å². The number of aryl methyl sites for hydroxylation is 1. The molecule has 1 heterocycles. The number of hydrogen-bond acceptors (Lipinski definition) is 4. The van der Waals surface area contributed by atoms with E-state index in [1.807, 2.05) is 14.1 Å². The number of thiol groups is 1. The fourth-order valence-electron chi connectivity index (χ4n) is 5.62. The Morgan fingerprint density at radius 2 is 1.79 bits per heavy atom. The van der Waals surface area contributed by atoms with Crippen LogP contribution in [0.5, 0.6) is 0 Å². The number of hydrogen-bond donors (Lipinski definition) is 2. The van der Waals surface area contributed by atoms with Gasteiger partial charge in [0.1, 0.15) is 0 Å². The summed E-state index contributed by atoms with van der Waals surface area (Å²) in [6, 6.07) is 7.09. The van der Waals surface area contributed by atoms with Crippen molar-refractivity contribution >= 4 is 29.8 Å². The summed E-state index contributed by atoms with van der Waals surface area (Å²) >= 11 is 4.59. The summed E-state index contributed by atoms with van der Waals surface area (Å²) in [5.41, 5.74) is 9.87. The van der Waals surface area contributed by atoms with Crippen molar-refractivity contribution in [1.29, 1.82) is 5.41 Å². The van der Waals surface area contributed by atoms with Crippen LogP contribution < -0.4 is 0 Å². The average Bonchev–Trinajstić information content (AvgIpc) is 2.90. The Morgan fingerprint density at radius 1 is 1.15 bits per heavy atom. The molecule has 2 rings (SSSR count). The number of allylic oxidation sites excluding steroid dienone is 5. The first kappa shape index (κ1) is 33.1. The lowest BCUT2D eigenvalue weighted by molar-refractivity contribution is -0.130. The monoisotopic (exact) mass is 551 g/mol. The highest BCUT2D eigenvalue weighted by Crippen LogP contribution is 2.38. The zero-order valence-corrected chi connectivity index (χ0v) is 26.8. The first-order valence-electron chi connectivity index (χ1n) is 14.9. The standard InChI is InChI=1S/C34H53N3OS/c1-9-12-30(26(11-3)20-29(23-39)32(35)13-10-2)34(24(4)5)31-21-28(15-14-25(31)6)27-16-18-37(19-17-27)22-33(38)36(7)8/h11,14-15,20-21,24,27,35,39H,9-10,12-13,16-19,22-23H2,1-8H3/b26-11+,29-20-,34-30+,35-32?. The van der Waals surface area contributed by atoms with Gasteiger partial charge < -0.3 is 10.3 Å². The number of likely N-dealkylation sites (N-methyl/N-ethyl adjacent to an activating group) is 1. The lowest BCUT2D eigenvalue weighted by atomic mass is 9.80. The molecule has 0 spiro atoms. The normalized spacial score (nSPS) is 16.5. The molecule has 1 aliphatic heterocycles. The first-order chi connectivity index (χ1) is 18.6. The minimum atomic E-state index is 0.181. The number of rotatable bonds is 13. The van der Waals surface area contributed by atoms with Crippen molar-refractivity contribution in [2.75, 3.05) is 39.5 Å². The van der Waals surface area contributed by atoms with E-state index in [-0.39, 0.29) is 5.91 Å². The predicted molar refractivity (Wildman–Crippen MR) is 173 cm³/mol. The summed E-state index contributed by atoms with van der Waals surface area (Å²) in [6.45, 7) is 15.8. The van der Waals surface area contributed by atoms with Gasteiger partial charge in [0.05, 0.1) is 6.54 Å². The van der Waals surface area contributed by atoms with Crippen LogP contribution in [0.15, 0.2) is 47.1 Å². The maximum Gasteiger partial charge on any atom is 0.236 e. The molecule has 1 amide bonds. The van der Waals surface area contributed by atoms with Crippen LogP contribution in [0.1, 0.15) is 95.8 Å². The number of nitrogens with one attached hydrogen (secondary N) is 1. The van der Waals surface area contributed by atoms with Crippen LogP contribution in [-0.2, 0) is 4.79 Å². The zero-order valence-electron chi connectivity index (χ0n) is 25.9. The van der Waals surface area contributed by atoms with Crippen molar-refractivity contribution in [3.63, 3.8) is 0 Å². The fourth-order valence-corrected chi connectivity index (χ4v) is 5.90. The summed E-state index contributed by atoms with van der Waals surface area (Å²) < 4.78 is 0. The summed E-state index contributed by atoms with van der Waals surface area (Å²) in [7, 11) is 3.66. The Hall–Kier alpha value is -2.11. The zero-order chi connectivity index (χ0) is 29.1. The molecule has 1 aromatic carbocycles. The number of nitrogens with zero attached hydrogens (tertiary/aromatic N) is 2. The highest BCUT2D eigenvalue weighted by atomic mass is 32.1. The second-order valence-corrected chi connectivity index (χ2v) is 11.8. The van der Waals surface area contributed by atoms with Gasteiger partial charge in [-0.2, -0.15) is 12.6 Å². The predicted octanol–water partition coefficient (Wildman–Crippen LogP) is 8.09. The third kappa shape index (κ3) is 9.21. The van der Waals surface area contributed by atoms with Crippen molar-refractivity contribution in [3.8, 4) is 0 Å². The molecule has 0 saturated carbocycles. The summed E-state index contributed by atoms with van der Waals surface area (Å²) in [5, 5.41) is 8.58. The Morgan fingerprint density at radius 3 is 2.31 bits per heavy atom. The summed E-state index contributed by atoms with van der Waals surface area (Å²) in [4.78, 5) is 16.2. The van der Waals surface area contributed by atoms with Crippen LogP contribution in [0.2, 0.25) is 0 Å². The molecule has 1 aromatic rings. The Balaban J connectivity index is 2.50. The van der Waals surface area contributed by atoms with Gasteiger partial charge in [0.15, 0.2) is 0 Å². The second-order valence-electron chi connectivity index (χ2n) is 11.5. The SMILES string of the molecule is C/C=C(\C=C(\CS)C(=N)CCC)C(/CCC)=C(/c1cc(C2CCN(CC(=O)N(C)C)CC2)ccc1C)C(C)C. The molecule has 4 nitrogen and oxygen atoms in total. The van der Waals surface area contributed by atoms with E-state index in [0.717, 1.165) is 57.2 Å². The molecule has 0 bridgehead atoms. The van der Waals surface area contributed by atoms with Crippen molar-refractivity contribution in [1.82, 2.24) is 9.80 Å². The van der Waals surface area contributed by atoms with Crippen LogP contribution in [-0.4, -0.2) is 60.9 Å². The molecule has 0 aromatic heterocycles. The van der Waals surface area contributed by atoms with E-state index in [2.05, 4.69) is 89.4 Å². The van der Waals surface area contributed by atoms with Gasteiger partial charge in [-0.15, -0.1) is 0 Å². The van der Waals surface area contributed by atoms with Gasteiger partial charge in [0.2, 0.25) is 5.91 Å². The van der Waals surface area contributed by atoms with E-state index < -0.39 is 0 Å². The number of benzene rings is 1. The van der Waals surface area contributed by atoms with Crippen molar-refractivity contribution in [2.24, 2.45) is 5.92 Å². The van der Waals surface area contributed by atoms with E-state index in [0.29, 0.717) is 29.8 Å². The number of likely N-dealkylation sites (tertiary alicyclic amines) is 1. The van der Waals surface area contributed by atoms with Crippen LogP contribution in [0, 0.1) is 18.3 Å². The second kappa shape index (κ2) is 16.2. The number of piperidine rings is 1. The molecule has 0 radical (unpaired) electrons. The minimum Gasteiger partial charge on any atom is -0.348 e. The number of carbonyl (C=O) groups is 1. The van der Waals surface area contributed by atoms with Crippen LogP contribution in [0.25, 0.3) is 5.57 Å². The molecule has 5 heteroatoms. The topological polar surface area (TPSA) is 47.4 Å². The van der Waals surface area contributed by atoms with E-state index in [4.69, 9.17) is 5.41 Å². The Bertz CT molecular complexity index is 1070. The van der Waals surface area contributed by atoms with Gasteiger partial charge in [-0.3, -0.25) is 9.69 Å². The summed E-state index contributed by atoms with van der Waals surface area (Å²) in [5.74, 6) is 1.66. The van der Waals surface area contributed by atoms with Crippen LogP contribution >= 0.6 is 12.6 Å². The third-order valence-corrected chi connectivity index (χ3v) is 8.26. The van der Waals surface area contributed by atoms with Crippen molar-refractivity contribution in [2.45, 2.75) is 86.0 Å². The van der Waals surface area contributed by atoms with E-state index in [1.54, 1.807) is 4.90 Å². The van der Waals surface area contributed by atoms with Crippen LogP contribution in [0.4, 0.5) is 0 Å². The van der Waals surface area contributed by atoms with Gasteiger partial charge in [-0.1, -0.05) is 64.8 Å². The molecule has 1 aliphatic rings. The molecule has 1 N–H and O–H groups in total. The fraction of sp³-hybridized carbons (Fsp3) is 0.588. The van der Waals surface area contributed by atoms with Gasteiger partial charge >= 0.3 is 0 Å². The largest absolute Gasteiger partial charge is 0.348 e. The van der Waals surface area contributed by atoms with Gasteiger partial charge in [0.25, 0.3) is 0 Å². The maximum atomic E-state index is 12.2. The molecule has 216 valence electrons. The minimum absolute atomic E-state index is 0.181. The van der Waals surface area contributed by atoms with Crippen LogP contribution in [0.3, 0.4) is 0 Å². The highest BCUT2D eigenvalue weighted by Gasteiger charge is 2.24. The Kier molecular flexibility index (Phi) is 13.8. The van der Waals surface area contributed by atoms with Gasteiger partial charge in [-0.25, -0.2) is 0 Å². The lowest BCUT2D eigenvalue weighted by Gasteiger charge is -2.33. The quantitative estimate of drug-likeness (QED) is 0.148. The van der Waals surface area contributed by atoms with Crippen molar-refractivity contribution < 1.29 is 4.79 Å². The van der Waals surface area contributed by atoms with E-state index in [9.17, 15) is 4.79 Å². The first-order valence-corrected chi connectivity index (χ1v) is 15.5.